The van der Waals surface area contributed by atoms with E-state index in [0.29, 0.717) is 12.0 Å². The summed E-state index contributed by atoms with van der Waals surface area (Å²) in [5, 5.41) is 0. The SMILES string of the molecule is CC(N)CC(C)c1cccc(C(F)(F)F)c1. The summed E-state index contributed by atoms with van der Waals surface area (Å²) >= 11 is 0. The zero-order valence-electron chi connectivity index (χ0n) is 9.38. The molecular formula is C12H16F3N. The summed E-state index contributed by atoms with van der Waals surface area (Å²) in [4.78, 5) is 0. The van der Waals surface area contributed by atoms with Gasteiger partial charge in [-0.05, 0) is 30.9 Å². The molecule has 4 heteroatoms. The highest BCUT2D eigenvalue weighted by Crippen LogP contribution is 2.31. The predicted molar refractivity (Wildman–Crippen MR) is 58.1 cm³/mol. The quantitative estimate of drug-likeness (QED) is 0.845. The maximum atomic E-state index is 12.5. The van der Waals surface area contributed by atoms with Gasteiger partial charge in [0, 0.05) is 6.04 Å². The van der Waals surface area contributed by atoms with Crippen molar-refractivity contribution in [3.63, 3.8) is 0 Å². The third-order valence-corrected chi connectivity index (χ3v) is 2.51. The predicted octanol–water partition coefficient (Wildman–Crippen LogP) is 3.55. The molecule has 0 amide bonds. The molecule has 1 aromatic rings. The molecule has 0 radical (unpaired) electrons. The monoisotopic (exact) mass is 231 g/mol. The van der Waals surface area contributed by atoms with Crippen LogP contribution in [0.25, 0.3) is 0 Å². The van der Waals surface area contributed by atoms with Crippen LogP contribution in [0.15, 0.2) is 24.3 Å². The zero-order valence-corrected chi connectivity index (χ0v) is 9.38. The number of halogens is 3. The first-order valence-electron chi connectivity index (χ1n) is 5.23. The highest BCUT2D eigenvalue weighted by atomic mass is 19.4. The second-order valence-corrected chi connectivity index (χ2v) is 4.24. The van der Waals surface area contributed by atoms with Crippen LogP contribution < -0.4 is 5.73 Å². The topological polar surface area (TPSA) is 26.0 Å². The van der Waals surface area contributed by atoms with E-state index in [1.54, 1.807) is 6.07 Å². The maximum absolute atomic E-state index is 12.5. The summed E-state index contributed by atoms with van der Waals surface area (Å²) in [7, 11) is 0. The van der Waals surface area contributed by atoms with Crippen LogP contribution in [0, 0.1) is 0 Å². The molecule has 0 saturated carbocycles. The molecule has 2 N–H and O–H groups in total. The van der Waals surface area contributed by atoms with Gasteiger partial charge in [-0.3, -0.25) is 0 Å². The van der Waals surface area contributed by atoms with Crippen molar-refractivity contribution >= 4 is 0 Å². The fourth-order valence-corrected chi connectivity index (χ4v) is 1.72. The third kappa shape index (κ3) is 3.52. The van der Waals surface area contributed by atoms with Gasteiger partial charge in [-0.15, -0.1) is 0 Å². The molecule has 0 aliphatic rings. The van der Waals surface area contributed by atoms with Crippen molar-refractivity contribution in [2.45, 2.75) is 38.4 Å². The molecule has 2 unspecified atom stereocenters. The van der Waals surface area contributed by atoms with Gasteiger partial charge < -0.3 is 5.73 Å². The molecule has 0 fully saturated rings. The molecule has 90 valence electrons. The minimum Gasteiger partial charge on any atom is -0.328 e. The number of benzene rings is 1. The molecule has 0 bridgehead atoms. The van der Waals surface area contributed by atoms with Crippen LogP contribution in [-0.4, -0.2) is 6.04 Å². The Labute approximate surface area is 93.5 Å². The zero-order chi connectivity index (χ0) is 12.3. The third-order valence-electron chi connectivity index (χ3n) is 2.51. The molecule has 2 atom stereocenters. The van der Waals surface area contributed by atoms with Crippen LogP contribution in [-0.2, 0) is 6.18 Å². The Hall–Kier alpha value is -1.03. The molecule has 0 heterocycles. The summed E-state index contributed by atoms with van der Waals surface area (Å²) in [6, 6.07) is 5.43. The van der Waals surface area contributed by atoms with Crippen LogP contribution in [0.3, 0.4) is 0 Å². The largest absolute Gasteiger partial charge is 0.416 e. The Morgan fingerprint density at radius 1 is 1.25 bits per heavy atom. The average molecular weight is 231 g/mol. The Bertz CT molecular complexity index is 344. The van der Waals surface area contributed by atoms with Gasteiger partial charge in [-0.1, -0.05) is 25.1 Å². The van der Waals surface area contributed by atoms with Crippen molar-refractivity contribution in [2.24, 2.45) is 5.73 Å². The highest BCUT2D eigenvalue weighted by Gasteiger charge is 2.30. The van der Waals surface area contributed by atoms with Crippen molar-refractivity contribution in [3.8, 4) is 0 Å². The number of nitrogens with two attached hydrogens (primary N) is 1. The smallest absolute Gasteiger partial charge is 0.328 e. The summed E-state index contributed by atoms with van der Waals surface area (Å²) in [6.45, 7) is 3.74. The Balaban J connectivity index is 2.90. The molecular weight excluding hydrogens is 215 g/mol. The van der Waals surface area contributed by atoms with E-state index in [2.05, 4.69) is 0 Å². The first kappa shape index (κ1) is 13.0. The van der Waals surface area contributed by atoms with Crippen molar-refractivity contribution in [3.05, 3.63) is 35.4 Å². The molecule has 1 nitrogen and oxygen atoms in total. The molecule has 0 saturated heterocycles. The normalized spacial score (nSPS) is 15.9. The highest BCUT2D eigenvalue weighted by molar-refractivity contribution is 5.28. The van der Waals surface area contributed by atoms with Crippen LogP contribution in [0.4, 0.5) is 13.2 Å². The molecule has 0 aromatic heterocycles. The lowest BCUT2D eigenvalue weighted by Gasteiger charge is -2.16. The second-order valence-electron chi connectivity index (χ2n) is 4.24. The van der Waals surface area contributed by atoms with E-state index >= 15 is 0 Å². The molecule has 0 aliphatic heterocycles. The van der Waals surface area contributed by atoms with Crippen molar-refractivity contribution in [1.82, 2.24) is 0 Å². The first-order valence-corrected chi connectivity index (χ1v) is 5.23. The van der Waals surface area contributed by atoms with E-state index in [4.69, 9.17) is 5.73 Å². The van der Waals surface area contributed by atoms with Crippen LogP contribution in [0.2, 0.25) is 0 Å². The minimum absolute atomic E-state index is 0.00968. The Morgan fingerprint density at radius 3 is 2.38 bits per heavy atom. The molecule has 16 heavy (non-hydrogen) atoms. The number of hydrogen-bond acceptors (Lipinski definition) is 1. The van der Waals surface area contributed by atoms with E-state index in [1.807, 2.05) is 13.8 Å². The fourth-order valence-electron chi connectivity index (χ4n) is 1.72. The lowest BCUT2D eigenvalue weighted by molar-refractivity contribution is -0.137. The van der Waals surface area contributed by atoms with Gasteiger partial charge in [-0.25, -0.2) is 0 Å². The Kier molecular flexibility index (Phi) is 3.97. The number of rotatable bonds is 3. The Morgan fingerprint density at radius 2 is 1.88 bits per heavy atom. The summed E-state index contributed by atoms with van der Waals surface area (Å²) in [5.74, 6) is 0.0438. The summed E-state index contributed by atoms with van der Waals surface area (Å²) in [5.41, 5.74) is 5.72. The van der Waals surface area contributed by atoms with Crippen molar-refractivity contribution in [1.29, 1.82) is 0 Å². The average Bonchev–Trinajstić information content (AvgIpc) is 2.15. The van der Waals surface area contributed by atoms with E-state index in [0.717, 1.165) is 6.07 Å². The van der Waals surface area contributed by atoms with E-state index in [9.17, 15) is 13.2 Å². The molecule has 1 aromatic carbocycles. The van der Waals surface area contributed by atoms with Gasteiger partial charge in [0.15, 0.2) is 0 Å². The fraction of sp³-hybridized carbons (Fsp3) is 0.500. The van der Waals surface area contributed by atoms with E-state index < -0.39 is 11.7 Å². The maximum Gasteiger partial charge on any atom is 0.416 e. The summed E-state index contributed by atoms with van der Waals surface area (Å²) < 4.78 is 37.4. The van der Waals surface area contributed by atoms with Gasteiger partial charge in [0.1, 0.15) is 0 Å². The van der Waals surface area contributed by atoms with Crippen LogP contribution >= 0.6 is 0 Å². The first-order chi connectivity index (χ1) is 7.30. The van der Waals surface area contributed by atoms with Gasteiger partial charge in [-0.2, -0.15) is 13.2 Å². The molecule has 1 rings (SSSR count). The lowest BCUT2D eigenvalue weighted by Crippen LogP contribution is -2.17. The van der Waals surface area contributed by atoms with Gasteiger partial charge >= 0.3 is 6.18 Å². The van der Waals surface area contributed by atoms with Crippen molar-refractivity contribution < 1.29 is 13.2 Å². The van der Waals surface area contributed by atoms with Crippen LogP contribution in [0.5, 0.6) is 0 Å². The van der Waals surface area contributed by atoms with Gasteiger partial charge in [0.05, 0.1) is 5.56 Å². The van der Waals surface area contributed by atoms with E-state index in [-0.39, 0.29) is 12.0 Å². The number of hydrogen-bond donors (Lipinski definition) is 1. The van der Waals surface area contributed by atoms with Crippen molar-refractivity contribution in [2.75, 3.05) is 0 Å². The number of alkyl halides is 3. The van der Waals surface area contributed by atoms with E-state index in [1.165, 1.54) is 12.1 Å². The van der Waals surface area contributed by atoms with Crippen LogP contribution in [0.1, 0.15) is 37.3 Å². The summed E-state index contributed by atoms with van der Waals surface area (Å²) in [6.07, 6.45) is -3.59. The van der Waals surface area contributed by atoms with Gasteiger partial charge in [0.25, 0.3) is 0 Å². The lowest BCUT2D eigenvalue weighted by atomic mass is 9.93. The molecule has 0 spiro atoms. The second kappa shape index (κ2) is 4.87. The standard InChI is InChI=1S/C12H16F3N/c1-8(6-9(2)16)10-4-3-5-11(7-10)12(13,14)15/h3-5,7-9H,6,16H2,1-2H3. The minimum atomic E-state index is -4.27. The molecule has 0 aliphatic carbocycles. The van der Waals surface area contributed by atoms with Gasteiger partial charge in [0.2, 0.25) is 0 Å².